The Bertz CT molecular complexity index is 1110. The number of aliphatic hydroxyl groups excluding tert-OH is 1. The normalized spacial score (nSPS) is 17.4. The number of methoxy groups -OCH3 is 3. The lowest BCUT2D eigenvalue weighted by Crippen LogP contribution is -2.32. The van der Waals surface area contributed by atoms with Gasteiger partial charge in [0.05, 0.1) is 38.5 Å². The lowest BCUT2D eigenvalue weighted by atomic mass is 9.94. The number of Topliss-reactive ketones (excluding diaryl/α,β-unsaturated/α-hetero) is 1. The molecular formula is C25H30N2O7. The fourth-order valence-electron chi connectivity index (χ4n) is 4.10. The van der Waals surface area contributed by atoms with Crippen molar-refractivity contribution in [2.24, 2.45) is 0 Å². The van der Waals surface area contributed by atoms with Gasteiger partial charge in [0.1, 0.15) is 17.3 Å². The smallest absolute Gasteiger partial charge is 0.295 e. The van der Waals surface area contributed by atoms with Gasteiger partial charge in [-0.05, 0) is 45.3 Å². The molecule has 2 aromatic rings. The molecule has 0 aliphatic carbocycles. The van der Waals surface area contributed by atoms with Gasteiger partial charge in [0.2, 0.25) is 0 Å². The summed E-state index contributed by atoms with van der Waals surface area (Å²) in [4.78, 5) is 29.7. The molecule has 2 N–H and O–H groups in total. The molecule has 1 aliphatic rings. The molecule has 1 saturated heterocycles. The highest BCUT2D eigenvalue weighted by atomic mass is 16.5. The van der Waals surface area contributed by atoms with Crippen LogP contribution in [-0.2, 0) is 9.59 Å². The van der Waals surface area contributed by atoms with Crippen molar-refractivity contribution in [1.82, 2.24) is 9.80 Å². The summed E-state index contributed by atoms with van der Waals surface area (Å²) in [5.74, 6) is -1.19. The van der Waals surface area contributed by atoms with Crippen molar-refractivity contribution in [3.05, 3.63) is 53.1 Å². The summed E-state index contributed by atoms with van der Waals surface area (Å²) < 4.78 is 16.1. The summed E-state index contributed by atoms with van der Waals surface area (Å²) in [6.45, 7) is 0.976. The molecule has 1 aliphatic heterocycles. The fourth-order valence-corrected chi connectivity index (χ4v) is 4.10. The summed E-state index contributed by atoms with van der Waals surface area (Å²) in [7, 11) is 8.24. The number of rotatable bonds is 9. The van der Waals surface area contributed by atoms with E-state index in [1.54, 1.807) is 24.3 Å². The van der Waals surface area contributed by atoms with Gasteiger partial charge in [0.15, 0.2) is 11.5 Å². The van der Waals surface area contributed by atoms with E-state index in [1.165, 1.54) is 38.4 Å². The van der Waals surface area contributed by atoms with Gasteiger partial charge in [-0.25, -0.2) is 0 Å². The first-order valence-corrected chi connectivity index (χ1v) is 10.8. The number of benzene rings is 2. The highest BCUT2D eigenvalue weighted by Crippen LogP contribution is 2.46. The standard InChI is InChI=1S/C25H30N2O7/c1-26(2)12-7-13-27-21(17-8-6-9-19(33-4)24(17)34-5)20(23(30)25(27)31)22(29)16-11-10-15(32-3)14-18(16)28/h6,8-11,14,21,28-29H,7,12-13H2,1-5H3/t21-/m1/s1. The Kier molecular flexibility index (Phi) is 7.68. The zero-order valence-electron chi connectivity index (χ0n) is 20.0. The van der Waals surface area contributed by atoms with E-state index in [4.69, 9.17) is 14.2 Å². The van der Waals surface area contributed by atoms with Gasteiger partial charge in [0.25, 0.3) is 11.7 Å². The zero-order valence-corrected chi connectivity index (χ0v) is 20.0. The molecule has 9 heteroatoms. The third kappa shape index (κ3) is 4.65. The molecule has 1 heterocycles. The van der Waals surface area contributed by atoms with Crippen LogP contribution in [0.15, 0.2) is 42.0 Å². The van der Waals surface area contributed by atoms with Gasteiger partial charge in [-0.2, -0.15) is 0 Å². The van der Waals surface area contributed by atoms with Crippen LogP contribution in [0.1, 0.15) is 23.6 Å². The largest absolute Gasteiger partial charge is 0.507 e. The Morgan fingerprint density at radius 2 is 1.79 bits per heavy atom. The van der Waals surface area contributed by atoms with Crippen LogP contribution in [0.5, 0.6) is 23.0 Å². The summed E-state index contributed by atoms with van der Waals surface area (Å²) in [5, 5.41) is 21.7. The van der Waals surface area contributed by atoms with E-state index in [-0.39, 0.29) is 23.4 Å². The molecule has 0 saturated carbocycles. The van der Waals surface area contributed by atoms with Gasteiger partial charge in [0, 0.05) is 18.2 Å². The first-order valence-electron chi connectivity index (χ1n) is 10.8. The average Bonchev–Trinajstić information content (AvgIpc) is 3.07. The number of ketones is 1. The Morgan fingerprint density at radius 3 is 2.38 bits per heavy atom. The molecule has 0 aromatic heterocycles. The second kappa shape index (κ2) is 10.5. The SMILES string of the molecule is COc1ccc(C(O)=C2C(=O)C(=O)N(CCCN(C)C)[C@@H]2c2cccc(OC)c2OC)c(O)c1. The predicted octanol–water partition coefficient (Wildman–Crippen LogP) is 2.79. The number of phenolic OH excluding ortho intramolecular Hbond substituents is 1. The highest BCUT2D eigenvalue weighted by molar-refractivity contribution is 6.46. The van der Waals surface area contributed by atoms with E-state index in [0.29, 0.717) is 35.8 Å². The molecule has 0 unspecified atom stereocenters. The van der Waals surface area contributed by atoms with Crippen molar-refractivity contribution in [3.63, 3.8) is 0 Å². The number of nitrogens with zero attached hydrogens (tertiary/aromatic N) is 2. The quantitative estimate of drug-likeness (QED) is 0.327. The Labute approximate surface area is 198 Å². The molecule has 182 valence electrons. The number of para-hydroxylation sites is 1. The number of carbonyl (C=O) groups is 2. The fraction of sp³-hybridized carbons (Fsp3) is 0.360. The minimum Gasteiger partial charge on any atom is -0.507 e. The maximum absolute atomic E-state index is 13.2. The van der Waals surface area contributed by atoms with Gasteiger partial charge >= 0.3 is 0 Å². The van der Waals surface area contributed by atoms with Crippen LogP contribution in [0, 0.1) is 0 Å². The molecule has 9 nitrogen and oxygen atoms in total. The van der Waals surface area contributed by atoms with E-state index in [1.807, 2.05) is 19.0 Å². The maximum atomic E-state index is 13.2. The number of likely N-dealkylation sites (tertiary alicyclic amines) is 1. The molecule has 3 rings (SSSR count). The molecule has 34 heavy (non-hydrogen) atoms. The lowest BCUT2D eigenvalue weighted by Gasteiger charge is -2.27. The van der Waals surface area contributed by atoms with E-state index in [0.717, 1.165) is 0 Å². The van der Waals surface area contributed by atoms with Gasteiger partial charge < -0.3 is 34.2 Å². The summed E-state index contributed by atoms with van der Waals surface area (Å²) in [6.07, 6.45) is 0.608. The third-order valence-electron chi connectivity index (χ3n) is 5.73. The minimum absolute atomic E-state index is 0.0129. The Morgan fingerprint density at radius 1 is 1.06 bits per heavy atom. The summed E-state index contributed by atoms with van der Waals surface area (Å²) in [6, 6.07) is 8.51. The number of hydrogen-bond acceptors (Lipinski definition) is 8. The molecular weight excluding hydrogens is 440 g/mol. The van der Waals surface area contributed by atoms with Gasteiger partial charge in [-0.3, -0.25) is 9.59 Å². The second-order valence-electron chi connectivity index (χ2n) is 8.12. The number of hydrogen-bond donors (Lipinski definition) is 2. The number of ether oxygens (including phenoxy) is 3. The average molecular weight is 471 g/mol. The molecule has 0 radical (unpaired) electrons. The molecule has 1 fully saturated rings. The number of phenols is 1. The van der Waals surface area contributed by atoms with Crippen LogP contribution in [0.3, 0.4) is 0 Å². The van der Waals surface area contributed by atoms with E-state index >= 15 is 0 Å². The van der Waals surface area contributed by atoms with Gasteiger partial charge in [-0.1, -0.05) is 12.1 Å². The molecule has 2 aromatic carbocycles. The first-order chi connectivity index (χ1) is 16.2. The van der Waals surface area contributed by atoms with E-state index < -0.39 is 23.5 Å². The zero-order chi connectivity index (χ0) is 25.0. The number of carbonyl (C=O) groups excluding carboxylic acids is 2. The van der Waals surface area contributed by atoms with Crippen molar-refractivity contribution >= 4 is 17.4 Å². The van der Waals surface area contributed by atoms with Crippen LogP contribution < -0.4 is 14.2 Å². The van der Waals surface area contributed by atoms with Crippen LogP contribution in [-0.4, -0.2) is 80.2 Å². The van der Waals surface area contributed by atoms with Crippen LogP contribution in [0.25, 0.3) is 5.76 Å². The first kappa shape index (κ1) is 24.9. The summed E-state index contributed by atoms with van der Waals surface area (Å²) >= 11 is 0. The van der Waals surface area contributed by atoms with Gasteiger partial charge in [-0.15, -0.1) is 0 Å². The number of aromatic hydroxyl groups is 1. The van der Waals surface area contributed by atoms with E-state index in [2.05, 4.69) is 0 Å². The molecule has 1 amide bonds. The molecule has 1 atom stereocenters. The Balaban J connectivity index is 2.22. The van der Waals surface area contributed by atoms with Crippen LogP contribution in [0.4, 0.5) is 0 Å². The second-order valence-corrected chi connectivity index (χ2v) is 8.12. The maximum Gasteiger partial charge on any atom is 0.295 e. The molecule has 0 spiro atoms. The minimum atomic E-state index is -0.936. The van der Waals surface area contributed by atoms with E-state index in [9.17, 15) is 19.8 Å². The van der Waals surface area contributed by atoms with Crippen molar-refractivity contribution in [2.45, 2.75) is 12.5 Å². The molecule has 0 bridgehead atoms. The van der Waals surface area contributed by atoms with Crippen molar-refractivity contribution in [3.8, 4) is 23.0 Å². The van der Waals surface area contributed by atoms with Crippen molar-refractivity contribution in [2.75, 3.05) is 48.5 Å². The summed E-state index contributed by atoms with van der Waals surface area (Å²) in [5.41, 5.74) is 0.362. The van der Waals surface area contributed by atoms with Crippen LogP contribution in [0.2, 0.25) is 0 Å². The number of amides is 1. The Hall–Kier alpha value is -3.72. The van der Waals surface area contributed by atoms with Crippen molar-refractivity contribution in [1.29, 1.82) is 0 Å². The van der Waals surface area contributed by atoms with Crippen LogP contribution >= 0.6 is 0 Å². The number of aliphatic hydroxyl groups is 1. The predicted molar refractivity (Wildman–Crippen MR) is 126 cm³/mol. The monoisotopic (exact) mass is 470 g/mol. The third-order valence-corrected chi connectivity index (χ3v) is 5.73. The van der Waals surface area contributed by atoms with Crippen molar-refractivity contribution < 1.29 is 34.0 Å². The lowest BCUT2D eigenvalue weighted by molar-refractivity contribution is -0.140. The highest BCUT2D eigenvalue weighted by Gasteiger charge is 2.47. The topological polar surface area (TPSA) is 109 Å².